The van der Waals surface area contributed by atoms with Gasteiger partial charge in [-0.1, -0.05) is 78.9 Å². The van der Waals surface area contributed by atoms with E-state index in [1.54, 1.807) is 0 Å². The van der Waals surface area contributed by atoms with Gasteiger partial charge in [0.15, 0.2) is 0 Å². The van der Waals surface area contributed by atoms with E-state index in [2.05, 4.69) is 0 Å². The number of hydrogen-bond acceptors (Lipinski definition) is 3. The Labute approximate surface area is 171 Å². The number of anilines is 1. The molecule has 0 spiro atoms. The van der Waals surface area contributed by atoms with Crippen LogP contribution in [0, 0.1) is 0 Å². The van der Waals surface area contributed by atoms with Gasteiger partial charge in [-0.3, -0.25) is 4.79 Å². The highest BCUT2D eigenvalue weighted by atomic mass is 16.5. The largest absolute Gasteiger partial charge is 0.396 e. The molecule has 3 aromatic rings. The molecular formula is C25H25NO3. The molecule has 1 aliphatic heterocycles. The summed E-state index contributed by atoms with van der Waals surface area (Å²) in [7, 11) is 0. The van der Waals surface area contributed by atoms with Crippen molar-refractivity contribution in [1.82, 2.24) is 0 Å². The van der Waals surface area contributed by atoms with E-state index in [1.165, 1.54) is 0 Å². The zero-order valence-corrected chi connectivity index (χ0v) is 16.3. The second kappa shape index (κ2) is 9.03. The molecule has 29 heavy (non-hydrogen) atoms. The monoisotopic (exact) mass is 387 g/mol. The van der Waals surface area contributed by atoms with Crippen LogP contribution in [-0.4, -0.2) is 23.7 Å². The highest BCUT2D eigenvalue weighted by molar-refractivity contribution is 5.98. The second-order valence-corrected chi connectivity index (χ2v) is 7.25. The number of para-hydroxylation sites is 1. The molecule has 4 rings (SSSR count). The van der Waals surface area contributed by atoms with Gasteiger partial charge in [-0.2, -0.15) is 0 Å². The zero-order valence-electron chi connectivity index (χ0n) is 16.3. The maximum Gasteiger partial charge on any atom is 0.256 e. The van der Waals surface area contributed by atoms with Crippen LogP contribution in [0.2, 0.25) is 0 Å². The number of carbonyl (C=O) groups is 1. The Bertz CT molecular complexity index is 943. The Kier molecular flexibility index (Phi) is 6.03. The third kappa shape index (κ3) is 4.24. The Hall–Kier alpha value is -2.95. The minimum absolute atomic E-state index is 0.0365. The lowest BCUT2D eigenvalue weighted by atomic mass is 9.99. The molecule has 0 saturated carbocycles. The van der Waals surface area contributed by atoms with Gasteiger partial charge in [0, 0.05) is 12.2 Å². The van der Waals surface area contributed by atoms with E-state index in [1.807, 2.05) is 89.8 Å². The lowest BCUT2D eigenvalue weighted by Gasteiger charge is -2.25. The zero-order chi connectivity index (χ0) is 20.1. The molecule has 0 aromatic heterocycles. The number of aliphatic hydroxyl groups is 1. The Morgan fingerprint density at radius 3 is 2.24 bits per heavy atom. The van der Waals surface area contributed by atoms with Crippen LogP contribution >= 0.6 is 0 Å². The first-order chi connectivity index (χ1) is 14.3. The molecule has 1 amide bonds. The van der Waals surface area contributed by atoms with E-state index < -0.39 is 6.10 Å². The van der Waals surface area contributed by atoms with Crippen molar-refractivity contribution < 1.29 is 14.6 Å². The summed E-state index contributed by atoms with van der Waals surface area (Å²) in [4.78, 5) is 15.3. The number of fused-ring (bicyclic) bond motifs is 1. The molecule has 0 saturated heterocycles. The van der Waals surface area contributed by atoms with Crippen molar-refractivity contribution in [2.75, 3.05) is 11.5 Å². The minimum atomic E-state index is -0.608. The summed E-state index contributed by atoms with van der Waals surface area (Å²) in [5.74, 6) is -0.0619. The predicted molar refractivity (Wildman–Crippen MR) is 114 cm³/mol. The van der Waals surface area contributed by atoms with E-state index in [9.17, 15) is 9.90 Å². The maximum atomic E-state index is 13.5. The van der Waals surface area contributed by atoms with Gasteiger partial charge in [0.05, 0.1) is 12.2 Å². The van der Waals surface area contributed by atoms with E-state index >= 15 is 0 Å². The standard InChI is InChI=1S/C25H25NO3/c27-17-9-16-23-25(28)26(18-19-10-3-1-4-11-19)22-15-8-7-14-21(22)24(29-23)20-12-5-2-6-13-20/h1-8,10-15,23-24,27H,9,16-18H2/t23-,24+/m0/s1. The first-order valence-corrected chi connectivity index (χ1v) is 10.0. The first-order valence-electron chi connectivity index (χ1n) is 10.0. The van der Waals surface area contributed by atoms with Gasteiger partial charge in [-0.05, 0) is 30.0 Å². The highest BCUT2D eigenvalue weighted by Gasteiger charge is 2.35. The van der Waals surface area contributed by atoms with Gasteiger partial charge in [0.2, 0.25) is 0 Å². The molecule has 0 unspecified atom stereocenters. The van der Waals surface area contributed by atoms with Crippen LogP contribution in [0.25, 0.3) is 0 Å². The smallest absolute Gasteiger partial charge is 0.256 e. The summed E-state index contributed by atoms with van der Waals surface area (Å²) in [6.07, 6.45) is 0.0649. The van der Waals surface area contributed by atoms with E-state index in [4.69, 9.17) is 4.74 Å². The normalized spacial score (nSPS) is 18.9. The summed E-state index contributed by atoms with van der Waals surface area (Å²) in [6.45, 7) is 0.520. The van der Waals surface area contributed by atoms with E-state index in [0.717, 1.165) is 22.4 Å². The molecule has 0 radical (unpaired) electrons. The third-order valence-electron chi connectivity index (χ3n) is 5.26. The molecule has 2 atom stereocenters. The third-order valence-corrected chi connectivity index (χ3v) is 5.26. The lowest BCUT2D eigenvalue weighted by molar-refractivity contribution is -0.132. The number of ether oxygens (including phenoxy) is 1. The number of rotatable bonds is 6. The van der Waals surface area contributed by atoms with Crippen molar-refractivity contribution in [1.29, 1.82) is 0 Å². The summed E-state index contributed by atoms with van der Waals surface area (Å²) >= 11 is 0. The Balaban J connectivity index is 1.79. The summed E-state index contributed by atoms with van der Waals surface area (Å²) in [5.41, 5.74) is 3.94. The minimum Gasteiger partial charge on any atom is -0.396 e. The fraction of sp³-hybridized carbons (Fsp3) is 0.240. The number of amides is 1. The quantitative estimate of drug-likeness (QED) is 0.678. The predicted octanol–water partition coefficient (Wildman–Crippen LogP) is 4.48. The fourth-order valence-corrected chi connectivity index (χ4v) is 3.83. The molecule has 1 aliphatic rings. The fourth-order valence-electron chi connectivity index (χ4n) is 3.83. The Morgan fingerprint density at radius 1 is 0.862 bits per heavy atom. The van der Waals surface area contributed by atoms with Gasteiger partial charge in [-0.15, -0.1) is 0 Å². The number of carbonyl (C=O) groups excluding carboxylic acids is 1. The average Bonchev–Trinajstić information content (AvgIpc) is 2.89. The Morgan fingerprint density at radius 2 is 1.52 bits per heavy atom. The van der Waals surface area contributed by atoms with E-state index in [0.29, 0.717) is 19.4 Å². The number of benzene rings is 3. The molecule has 0 aliphatic carbocycles. The highest BCUT2D eigenvalue weighted by Crippen LogP contribution is 2.39. The van der Waals surface area contributed by atoms with Gasteiger partial charge >= 0.3 is 0 Å². The van der Waals surface area contributed by atoms with Crippen molar-refractivity contribution >= 4 is 11.6 Å². The maximum absolute atomic E-state index is 13.5. The van der Waals surface area contributed by atoms with Crippen LogP contribution in [0.5, 0.6) is 0 Å². The van der Waals surface area contributed by atoms with Crippen LogP contribution in [0.15, 0.2) is 84.9 Å². The summed E-state index contributed by atoms with van der Waals surface area (Å²) in [6, 6.07) is 28.0. The summed E-state index contributed by atoms with van der Waals surface area (Å²) in [5, 5.41) is 9.33. The van der Waals surface area contributed by atoms with Crippen molar-refractivity contribution in [2.45, 2.75) is 31.6 Å². The topological polar surface area (TPSA) is 49.8 Å². The molecular weight excluding hydrogens is 362 g/mol. The molecule has 4 nitrogen and oxygen atoms in total. The van der Waals surface area contributed by atoms with Crippen molar-refractivity contribution in [2.24, 2.45) is 0 Å². The van der Waals surface area contributed by atoms with Gasteiger partial charge < -0.3 is 14.7 Å². The molecule has 4 heteroatoms. The molecule has 148 valence electrons. The SMILES string of the molecule is O=C1[C@H](CCCO)O[C@H](c2ccccc2)c2ccccc2N1Cc1ccccc1. The molecule has 0 fully saturated rings. The van der Waals surface area contributed by atoms with Crippen LogP contribution in [0.1, 0.15) is 35.6 Å². The van der Waals surface area contributed by atoms with Crippen molar-refractivity contribution in [3.8, 4) is 0 Å². The van der Waals surface area contributed by atoms with Gasteiger partial charge in [0.1, 0.15) is 12.2 Å². The van der Waals surface area contributed by atoms with Crippen molar-refractivity contribution in [3.63, 3.8) is 0 Å². The number of hydrogen-bond donors (Lipinski definition) is 1. The van der Waals surface area contributed by atoms with Crippen LogP contribution in [-0.2, 0) is 16.1 Å². The van der Waals surface area contributed by atoms with E-state index in [-0.39, 0.29) is 18.6 Å². The molecule has 0 bridgehead atoms. The number of aliphatic hydroxyl groups excluding tert-OH is 1. The van der Waals surface area contributed by atoms with Crippen LogP contribution < -0.4 is 4.90 Å². The molecule has 3 aromatic carbocycles. The molecule has 1 heterocycles. The van der Waals surface area contributed by atoms with Crippen LogP contribution in [0.4, 0.5) is 5.69 Å². The first kappa shape index (κ1) is 19.4. The van der Waals surface area contributed by atoms with Gasteiger partial charge in [0.25, 0.3) is 5.91 Å². The average molecular weight is 387 g/mol. The molecule has 1 N–H and O–H groups in total. The van der Waals surface area contributed by atoms with Crippen molar-refractivity contribution in [3.05, 3.63) is 102 Å². The second-order valence-electron chi connectivity index (χ2n) is 7.25. The number of nitrogens with zero attached hydrogens (tertiary/aromatic N) is 1. The lowest BCUT2D eigenvalue weighted by Crippen LogP contribution is -2.39. The van der Waals surface area contributed by atoms with Crippen LogP contribution in [0.3, 0.4) is 0 Å². The summed E-state index contributed by atoms with van der Waals surface area (Å²) < 4.78 is 6.40. The van der Waals surface area contributed by atoms with Gasteiger partial charge in [-0.25, -0.2) is 0 Å².